The second-order valence-corrected chi connectivity index (χ2v) is 10.3. The Hall–Kier alpha value is -4.43. The van der Waals surface area contributed by atoms with Crippen LogP contribution in [0.1, 0.15) is 39.5 Å². The minimum Gasteiger partial charge on any atom is -0.397 e. The highest BCUT2D eigenvalue weighted by molar-refractivity contribution is 6.34. The maximum absolute atomic E-state index is 13.9. The van der Waals surface area contributed by atoms with E-state index in [1.165, 1.54) is 48.1 Å². The fraction of sp³-hybridized carbons (Fsp3) is 0.296. The zero-order chi connectivity index (χ0) is 30.0. The van der Waals surface area contributed by atoms with E-state index in [-0.39, 0.29) is 50.7 Å². The number of nitrogens with one attached hydrogen (secondary N) is 4. The van der Waals surface area contributed by atoms with Gasteiger partial charge in [0.2, 0.25) is 0 Å². The smallest absolute Gasteiger partial charge is 0.397 e. The van der Waals surface area contributed by atoms with E-state index in [1.54, 1.807) is 0 Å². The fourth-order valence-electron chi connectivity index (χ4n) is 4.76. The number of nitrogens with zero attached hydrogens (tertiary/aromatic N) is 4. The number of carbonyl (C=O) groups is 2. The molecule has 0 atom stereocenters. The Kier molecular flexibility index (Phi) is 8.18. The molecule has 11 nitrogen and oxygen atoms in total. The van der Waals surface area contributed by atoms with Crippen molar-refractivity contribution in [2.24, 2.45) is 13.0 Å². The van der Waals surface area contributed by atoms with Crippen LogP contribution in [0.4, 0.5) is 24.5 Å². The average Bonchev–Trinajstić information content (AvgIpc) is 3.56. The summed E-state index contributed by atoms with van der Waals surface area (Å²) in [5, 5.41) is 14.8. The normalized spacial score (nSPS) is 14.1. The van der Waals surface area contributed by atoms with E-state index in [0.29, 0.717) is 18.2 Å². The Morgan fingerprint density at radius 1 is 1.12 bits per heavy atom. The predicted octanol–water partition coefficient (Wildman–Crippen LogP) is 4.11. The molecule has 1 saturated heterocycles. The van der Waals surface area contributed by atoms with E-state index < -0.39 is 17.8 Å². The van der Waals surface area contributed by atoms with Gasteiger partial charge in [0.25, 0.3) is 11.8 Å². The molecule has 1 aliphatic rings. The molecule has 0 radical (unpaired) electrons. The van der Waals surface area contributed by atoms with Gasteiger partial charge in [0, 0.05) is 19.3 Å². The molecule has 4 aromatic rings. The zero-order valence-electron chi connectivity index (χ0n) is 22.3. The number of aromatic amines is 1. The molecule has 0 bridgehead atoms. The van der Waals surface area contributed by atoms with Gasteiger partial charge in [-0.25, -0.2) is 4.98 Å². The van der Waals surface area contributed by atoms with Crippen molar-refractivity contribution >= 4 is 34.8 Å². The highest BCUT2D eigenvalue weighted by Gasteiger charge is 2.39. The first-order valence-electron chi connectivity index (χ1n) is 13.0. The van der Waals surface area contributed by atoms with Crippen LogP contribution < -0.4 is 21.7 Å². The lowest BCUT2D eigenvalue weighted by atomic mass is 9.98. The maximum Gasteiger partial charge on any atom is 0.433 e. The monoisotopic (exact) mass is 601 g/mol. The number of halogens is 4. The molecule has 0 unspecified atom stereocenters. The van der Waals surface area contributed by atoms with E-state index in [4.69, 9.17) is 17.3 Å². The topological polar surface area (TPSA) is 156 Å². The van der Waals surface area contributed by atoms with Gasteiger partial charge in [-0.05, 0) is 62.2 Å². The summed E-state index contributed by atoms with van der Waals surface area (Å²) in [5.74, 6) is -0.803. The van der Waals surface area contributed by atoms with Crippen molar-refractivity contribution in [3.8, 4) is 22.6 Å². The molecule has 0 spiro atoms. The van der Waals surface area contributed by atoms with E-state index >= 15 is 0 Å². The second-order valence-electron chi connectivity index (χ2n) is 9.87. The third kappa shape index (κ3) is 6.09. The number of pyridine rings is 1. The summed E-state index contributed by atoms with van der Waals surface area (Å²) in [4.78, 5) is 33.9. The largest absolute Gasteiger partial charge is 0.433 e. The summed E-state index contributed by atoms with van der Waals surface area (Å²) >= 11 is 6.35. The number of rotatable bonds is 7. The molecule has 0 saturated carbocycles. The van der Waals surface area contributed by atoms with Crippen molar-refractivity contribution in [3.05, 3.63) is 64.8 Å². The van der Waals surface area contributed by atoms with Crippen molar-refractivity contribution in [1.29, 1.82) is 0 Å². The fourth-order valence-corrected chi connectivity index (χ4v) is 5.03. The Bertz CT molecular complexity index is 1610. The van der Waals surface area contributed by atoms with Crippen molar-refractivity contribution in [2.45, 2.75) is 19.0 Å². The summed E-state index contributed by atoms with van der Waals surface area (Å²) in [6.07, 6.45) is -0.368. The highest BCUT2D eigenvalue weighted by Crippen LogP contribution is 2.40. The second kappa shape index (κ2) is 11.8. The predicted molar refractivity (Wildman–Crippen MR) is 151 cm³/mol. The molecule has 1 aromatic carbocycles. The molecule has 220 valence electrons. The lowest BCUT2D eigenvalue weighted by Crippen LogP contribution is -2.36. The van der Waals surface area contributed by atoms with E-state index in [9.17, 15) is 22.8 Å². The number of nitrogen functional groups attached to an aromatic ring is 1. The van der Waals surface area contributed by atoms with Gasteiger partial charge in [-0.1, -0.05) is 11.6 Å². The number of piperidine rings is 1. The number of aromatic nitrogens is 5. The Balaban J connectivity index is 1.36. The van der Waals surface area contributed by atoms with Gasteiger partial charge in [0.05, 0.1) is 45.6 Å². The van der Waals surface area contributed by atoms with Gasteiger partial charge < -0.3 is 26.3 Å². The number of imidazole rings is 1. The molecule has 2 amide bonds. The van der Waals surface area contributed by atoms with E-state index in [0.717, 1.165) is 32.1 Å². The number of anilines is 2. The number of carbonyl (C=O) groups excluding carboxylic acids is 2. The molecule has 1 aliphatic heterocycles. The van der Waals surface area contributed by atoms with Crippen LogP contribution in [0.3, 0.4) is 0 Å². The maximum atomic E-state index is 13.9. The average molecular weight is 602 g/mol. The first kappa shape index (κ1) is 29.1. The third-order valence-corrected chi connectivity index (χ3v) is 7.32. The molecule has 5 rings (SSSR count). The summed E-state index contributed by atoms with van der Waals surface area (Å²) in [6, 6.07) is 7.36. The minimum absolute atomic E-state index is 0.0198. The van der Waals surface area contributed by atoms with Gasteiger partial charge in [-0.15, -0.1) is 0 Å². The summed E-state index contributed by atoms with van der Waals surface area (Å²) in [5.41, 5.74) is 5.13. The van der Waals surface area contributed by atoms with E-state index in [1.807, 2.05) is 5.10 Å². The zero-order valence-corrected chi connectivity index (χ0v) is 23.1. The molecular formula is C27H27ClF3N9O2. The first-order valence-corrected chi connectivity index (χ1v) is 13.4. The molecule has 3 aromatic heterocycles. The van der Waals surface area contributed by atoms with Gasteiger partial charge in [0.15, 0.2) is 5.82 Å². The van der Waals surface area contributed by atoms with Crippen LogP contribution >= 0.6 is 11.6 Å². The molecule has 4 heterocycles. The first-order chi connectivity index (χ1) is 20.0. The Morgan fingerprint density at radius 3 is 2.55 bits per heavy atom. The molecule has 1 fully saturated rings. The van der Waals surface area contributed by atoms with Gasteiger partial charge >= 0.3 is 6.18 Å². The number of amides is 2. The Labute approximate surface area is 243 Å². The van der Waals surface area contributed by atoms with Crippen LogP contribution in [-0.2, 0) is 13.2 Å². The van der Waals surface area contributed by atoms with Crippen LogP contribution in [-0.4, -0.2) is 56.2 Å². The quantitative estimate of drug-likeness (QED) is 0.213. The molecule has 0 aliphatic carbocycles. The van der Waals surface area contributed by atoms with Crippen molar-refractivity contribution < 1.29 is 22.8 Å². The summed E-state index contributed by atoms with van der Waals surface area (Å²) in [7, 11) is 1.41. The lowest BCUT2D eigenvalue weighted by molar-refractivity contribution is -0.140. The lowest BCUT2D eigenvalue weighted by Gasteiger charge is -2.22. The van der Waals surface area contributed by atoms with Crippen LogP contribution in [0.5, 0.6) is 0 Å². The number of benzene rings is 1. The third-order valence-electron chi connectivity index (χ3n) is 7.01. The van der Waals surface area contributed by atoms with Gasteiger partial charge in [-0.3, -0.25) is 19.7 Å². The van der Waals surface area contributed by atoms with Crippen molar-refractivity contribution in [1.82, 2.24) is 35.4 Å². The van der Waals surface area contributed by atoms with Crippen molar-refractivity contribution in [3.63, 3.8) is 0 Å². The Morgan fingerprint density at radius 2 is 1.88 bits per heavy atom. The highest BCUT2D eigenvalue weighted by atomic mass is 35.5. The molecule has 15 heteroatoms. The van der Waals surface area contributed by atoms with Crippen LogP contribution in [0, 0.1) is 5.92 Å². The molecular weight excluding hydrogens is 575 g/mol. The molecule has 6 N–H and O–H groups in total. The SMILES string of the molecule is Cn1c(-c2c(-c3ccc(N)cn3)n[nH]c2C(F)(F)F)cnc1C(=O)Nc1ccc(C(=O)NCC2CCNCC2)c(Cl)c1. The number of H-pyrrole nitrogens is 1. The summed E-state index contributed by atoms with van der Waals surface area (Å²) in [6.45, 7) is 2.37. The van der Waals surface area contributed by atoms with Crippen molar-refractivity contribution in [2.75, 3.05) is 30.7 Å². The van der Waals surface area contributed by atoms with Crippen LogP contribution in [0.25, 0.3) is 22.6 Å². The summed E-state index contributed by atoms with van der Waals surface area (Å²) < 4.78 is 43.0. The van der Waals surface area contributed by atoms with E-state index in [2.05, 4.69) is 31.0 Å². The minimum atomic E-state index is -4.78. The number of hydrogen-bond acceptors (Lipinski definition) is 7. The van der Waals surface area contributed by atoms with Gasteiger partial charge in [0.1, 0.15) is 11.4 Å². The van der Waals surface area contributed by atoms with Crippen LogP contribution in [0.15, 0.2) is 42.7 Å². The standard InChI is InChI=1S/C27H27ClF3N9O2/c1-40-20(21-22(19-5-2-15(32)12-34-19)38-39-23(21)27(29,30)31)13-35-24(40)26(42)37-16-3-4-17(18(28)10-16)25(41)36-11-14-6-8-33-9-7-14/h2-5,10,12-14,33H,6-9,11,32H2,1H3,(H,36,41)(H,37,42)(H,38,39). The number of hydrogen-bond donors (Lipinski definition) is 5. The molecule has 42 heavy (non-hydrogen) atoms. The number of nitrogens with two attached hydrogens (primary N) is 1. The van der Waals surface area contributed by atoms with Gasteiger partial charge in [-0.2, -0.15) is 18.3 Å². The number of alkyl halides is 3. The van der Waals surface area contributed by atoms with Crippen LogP contribution in [0.2, 0.25) is 5.02 Å².